The van der Waals surface area contributed by atoms with E-state index >= 15 is 0 Å². The molecule has 0 bridgehead atoms. The SMILES string of the molecule is CC(=O)c1cccc(NC(=O)C(C)OC(=O)C2Cc3ccccc3S2)c1. The van der Waals surface area contributed by atoms with E-state index in [9.17, 15) is 14.4 Å². The second-order valence-electron chi connectivity index (χ2n) is 6.12. The Labute approximate surface area is 156 Å². The highest BCUT2D eigenvalue weighted by atomic mass is 32.2. The molecule has 134 valence electrons. The van der Waals surface area contributed by atoms with Crippen LogP contribution in [0.2, 0.25) is 0 Å². The number of hydrogen-bond acceptors (Lipinski definition) is 5. The first kappa shape index (κ1) is 18.2. The van der Waals surface area contributed by atoms with Gasteiger partial charge in [0.05, 0.1) is 0 Å². The molecule has 0 saturated carbocycles. The van der Waals surface area contributed by atoms with Crippen molar-refractivity contribution in [2.45, 2.75) is 36.5 Å². The zero-order valence-corrected chi connectivity index (χ0v) is 15.3. The molecule has 1 N–H and O–H groups in total. The third kappa shape index (κ3) is 4.14. The van der Waals surface area contributed by atoms with Gasteiger partial charge < -0.3 is 10.1 Å². The van der Waals surface area contributed by atoms with Crippen LogP contribution in [-0.4, -0.2) is 29.0 Å². The minimum atomic E-state index is -0.923. The number of carbonyl (C=O) groups is 3. The molecular weight excluding hydrogens is 350 g/mol. The third-order valence-corrected chi connectivity index (χ3v) is 5.40. The van der Waals surface area contributed by atoms with Crippen LogP contribution in [0.15, 0.2) is 53.4 Å². The molecule has 0 radical (unpaired) electrons. The molecule has 0 aromatic heterocycles. The van der Waals surface area contributed by atoms with Gasteiger partial charge in [-0.2, -0.15) is 0 Å². The van der Waals surface area contributed by atoms with Gasteiger partial charge in [-0.25, -0.2) is 0 Å². The zero-order chi connectivity index (χ0) is 18.7. The molecule has 2 aromatic rings. The van der Waals surface area contributed by atoms with Gasteiger partial charge in [0.25, 0.3) is 5.91 Å². The Bertz CT molecular complexity index is 839. The fraction of sp³-hybridized carbons (Fsp3) is 0.250. The Balaban J connectivity index is 1.57. The van der Waals surface area contributed by atoms with Gasteiger partial charge in [-0.3, -0.25) is 14.4 Å². The van der Waals surface area contributed by atoms with Gasteiger partial charge in [-0.05, 0) is 44.0 Å². The number of esters is 1. The Kier molecular flexibility index (Phi) is 5.42. The number of fused-ring (bicyclic) bond motifs is 1. The molecule has 1 aliphatic heterocycles. The highest BCUT2D eigenvalue weighted by molar-refractivity contribution is 8.01. The summed E-state index contributed by atoms with van der Waals surface area (Å²) < 4.78 is 5.34. The fourth-order valence-corrected chi connectivity index (χ4v) is 3.86. The van der Waals surface area contributed by atoms with E-state index in [0.717, 1.165) is 10.5 Å². The van der Waals surface area contributed by atoms with Gasteiger partial charge in [0, 0.05) is 16.1 Å². The van der Waals surface area contributed by atoms with Crippen LogP contribution in [0.4, 0.5) is 5.69 Å². The largest absolute Gasteiger partial charge is 0.452 e. The normalized spacial score (nSPS) is 16.5. The summed E-state index contributed by atoms with van der Waals surface area (Å²) in [4.78, 5) is 37.1. The van der Waals surface area contributed by atoms with Crippen molar-refractivity contribution in [3.63, 3.8) is 0 Å². The number of anilines is 1. The van der Waals surface area contributed by atoms with Crippen molar-refractivity contribution in [1.29, 1.82) is 0 Å². The van der Waals surface area contributed by atoms with E-state index in [-0.39, 0.29) is 11.0 Å². The quantitative estimate of drug-likeness (QED) is 0.645. The first-order valence-electron chi connectivity index (χ1n) is 8.31. The van der Waals surface area contributed by atoms with E-state index in [4.69, 9.17) is 4.74 Å². The maximum atomic E-state index is 12.4. The van der Waals surface area contributed by atoms with Gasteiger partial charge in [-0.1, -0.05) is 30.3 Å². The summed E-state index contributed by atoms with van der Waals surface area (Å²) in [6.45, 7) is 3.00. The topological polar surface area (TPSA) is 72.5 Å². The first-order chi connectivity index (χ1) is 12.4. The van der Waals surface area contributed by atoms with Crippen LogP contribution in [0.3, 0.4) is 0 Å². The minimum absolute atomic E-state index is 0.0848. The lowest BCUT2D eigenvalue weighted by Gasteiger charge is -2.16. The standard InChI is InChI=1S/C20H19NO4S/c1-12(22)14-7-5-8-16(10-14)21-19(23)13(2)25-20(24)18-11-15-6-3-4-9-17(15)26-18/h3-10,13,18H,11H2,1-2H3,(H,21,23). The summed E-state index contributed by atoms with van der Waals surface area (Å²) in [5.41, 5.74) is 2.12. The van der Waals surface area contributed by atoms with Gasteiger partial charge >= 0.3 is 5.97 Å². The molecule has 0 spiro atoms. The molecule has 0 aliphatic carbocycles. The molecule has 0 fully saturated rings. The Hall–Kier alpha value is -2.60. The van der Waals surface area contributed by atoms with Crippen molar-refractivity contribution < 1.29 is 19.1 Å². The van der Waals surface area contributed by atoms with Gasteiger partial charge in [0.2, 0.25) is 0 Å². The summed E-state index contributed by atoms with van der Waals surface area (Å²) in [5, 5.41) is 2.34. The van der Waals surface area contributed by atoms with Crippen molar-refractivity contribution in [2.24, 2.45) is 0 Å². The number of rotatable bonds is 5. The molecule has 0 saturated heterocycles. The monoisotopic (exact) mass is 369 g/mol. The highest BCUT2D eigenvalue weighted by Gasteiger charge is 2.31. The Morgan fingerprint density at radius 2 is 1.92 bits per heavy atom. The van der Waals surface area contributed by atoms with Crippen molar-refractivity contribution >= 4 is 35.1 Å². The molecule has 26 heavy (non-hydrogen) atoms. The Morgan fingerprint density at radius 1 is 1.15 bits per heavy atom. The molecule has 1 heterocycles. The summed E-state index contributed by atoms with van der Waals surface area (Å²) in [5.74, 6) is -0.913. The smallest absolute Gasteiger partial charge is 0.320 e. The number of carbonyl (C=O) groups excluding carboxylic acids is 3. The molecule has 1 amide bonds. The summed E-state index contributed by atoms with van der Waals surface area (Å²) in [7, 11) is 0. The van der Waals surface area contributed by atoms with Gasteiger partial charge in [0.15, 0.2) is 11.9 Å². The minimum Gasteiger partial charge on any atom is -0.452 e. The number of ketones is 1. The van der Waals surface area contributed by atoms with Crippen molar-refractivity contribution in [3.8, 4) is 0 Å². The maximum absolute atomic E-state index is 12.4. The van der Waals surface area contributed by atoms with Crippen LogP contribution in [0.1, 0.15) is 29.8 Å². The van der Waals surface area contributed by atoms with Crippen LogP contribution in [0.5, 0.6) is 0 Å². The van der Waals surface area contributed by atoms with Crippen LogP contribution < -0.4 is 5.32 Å². The predicted octanol–water partition coefficient (Wildman–Crippen LogP) is 3.48. The average Bonchev–Trinajstić information content (AvgIpc) is 3.06. The molecule has 3 rings (SSSR count). The summed E-state index contributed by atoms with van der Waals surface area (Å²) >= 11 is 1.46. The lowest BCUT2D eigenvalue weighted by atomic mass is 10.1. The Morgan fingerprint density at radius 3 is 2.65 bits per heavy atom. The van der Waals surface area contributed by atoms with Crippen molar-refractivity contribution in [3.05, 3.63) is 59.7 Å². The number of thioether (sulfide) groups is 1. The molecule has 2 aromatic carbocycles. The van der Waals surface area contributed by atoms with Crippen molar-refractivity contribution in [2.75, 3.05) is 5.32 Å². The zero-order valence-electron chi connectivity index (χ0n) is 14.5. The number of Topliss-reactive ketones (excluding diaryl/α,β-unsaturated/α-hetero) is 1. The van der Waals surface area contributed by atoms with Crippen LogP contribution in [0.25, 0.3) is 0 Å². The second-order valence-corrected chi connectivity index (χ2v) is 7.37. The molecular formula is C20H19NO4S. The number of nitrogens with one attached hydrogen (secondary N) is 1. The van der Waals surface area contributed by atoms with E-state index in [1.54, 1.807) is 24.3 Å². The lowest BCUT2D eigenvalue weighted by molar-refractivity contribution is -0.152. The van der Waals surface area contributed by atoms with E-state index in [0.29, 0.717) is 17.7 Å². The van der Waals surface area contributed by atoms with E-state index in [1.807, 2.05) is 24.3 Å². The number of benzene rings is 2. The highest BCUT2D eigenvalue weighted by Crippen LogP contribution is 2.37. The first-order valence-corrected chi connectivity index (χ1v) is 9.19. The maximum Gasteiger partial charge on any atom is 0.320 e. The number of amides is 1. The van der Waals surface area contributed by atoms with E-state index in [1.165, 1.54) is 25.6 Å². The van der Waals surface area contributed by atoms with E-state index in [2.05, 4.69) is 5.32 Å². The molecule has 6 heteroatoms. The molecule has 1 aliphatic rings. The molecule has 5 nitrogen and oxygen atoms in total. The van der Waals surface area contributed by atoms with E-state index < -0.39 is 18.0 Å². The molecule has 2 unspecified atom stereocenters. The molecule has 2 atom stereocenters. The third-order valence-electron chi connectivity index (χ3n) is 4.11. The number of ether oxygens (including phenoxy) is 1. The van der Waals surface area contributed by atoms with Crippen LogP contribution >= 0.6 is 11.8 Å². The number of hydrogen-bond donors (Lipinski definition) is 1. The van der Waals surface area contributed by atoms with Crippen LogP contribution in [0, 0.1) is 0 Å². The van der Waals surface area contributed by atoms with Crippen LogP contribution in [-0.2, 0) is 20.7 Å². The predicted molar refractivity (Wildman–Crippen MR) is 100 cm³/mol. The summed E-state index contributed by atoms with van der Waals surface area (Å²) in [6, 6.07) is 14.5. The fourth-order valence-electron chi connectivity index (χ4n) is 2.68. The summed E-state index contributed by atoms with van der Waals surface area (Å²) in [6.07, 6.45) is -0.318. The lowest BCUT2D eigenvalue weighted by Crippen LogP contribution is -2.33. The second kappa shape index (κ2) is 7.74. The average molecular weight is 369 g/mol. The van der Waals surface area contributed by atoms with Gasteiger partial charge in [0.1, 0.15) is 5.25 Å². The van der Waals surface area contributed by atoms with Gasteiger partial charge in [-0.15, -0.1) is 11.8 Å². The van der Waals surface area contributed by atoms with Crippen molar-refractivity contribution in [1.82, 2.24) is 0 Å².